The van der Waals surface area contributed by atoms with Gasteiger partial charge in [-0.3, -0.25) is 0 Å². The summed E-state index contributed by atoms with van der Waals surface area (Å²) in [5, 5.41) is 21.7. The minimum atomic E-state index is -0.579. The fourth-order valence-corrected chi connectivity index (χ4v) is 1.73. The molecule has 18 heavy (non-hydrogen) atoms. The van der Waals surface area contributed by atoms with Crippen LogP contribution in [0.15, 0.2) is 18.2 Å². The van der Waals surface area contributed by atoms with E-state index in [0.29, 0.717) is 13.1 Å². The lowest BCUT2D eigenvalue weighted by atomic mass is 10.1. The summed E-state index contributed by atoms with van der Waals surface area (Å²) in [4.78, 5) is 0. The van der Waals surface area contributed by atoms with Crippen LogP contribution in [0.25, 0.3) is 0 Å². The van der Waals surface area contributed by atoms with Crippen molar-refractivity contribution < 1.29 is 14.9 Å². The maximum absolute atomic E-state index is 9.69. The maximum atomic E-state index is 9.69. The molecule has 0 aliphatic rings. The Kier molecular flexibility index (Phi) is 6.12. The van der Waals surface area contributed by atoms with E-state index in [-0.39, 0.29) is 6.61 Å². The van der Waals surface area contributed by atoms with Gasteiger partial charge < -0.3 is 20.3 Å². The van der Waals surface area contributed by atoms with Gasteiger partial charge in [-0.2, -0.15) is 0 Å². The van der Waals surface area contributed by atoms with E-state index in [2.05, 4.69) is 11.4 Å². The van der Waals surface area contributed by atoms with Crippen LogP contribution in [-0.2, 0) is 0 Å². The van der Waals surface area contributed by atoms with Crippen LogP contribution in [0.5, 0.6) is 5.75 Å². The molecule has 102 valence electrons. The average Bonchev–Trinajstić information content (AvgIpc) is 2.24. The first-order valence-electron chi connectivity index (χ1n) is 6.25. The fraction of sp³-hybridized carbons (Fsp3) is 0.571. The molecule has 0 amide bonds. The van der Waals surface area contributed by atoms with E-state index in [1.54, 1.807) is 6.92 Å². The van der Waals surface area contributed by atoms with Crippen molar-refractivity contribution in [1.29, 1.82) is 0 Å². The summed E-state index contributed by atoms with van der Waals surface area (Å²) in [5.74, 6) is 0.780. The standard InChI is InChI=1S/C14H23NO3/c1-10-4-11(2)6-14(5-10)18-9-13(17)8-15-7-12(3)16/h4-6,12-13,15-17H,7-9H2,1-3H3. The molecule has 0 saturated carbocycles. The molecule has 2 unspecified atom stereocenters. The fourth-order valence-electron chi connectivity index (χ4n) is 1.73. The van der Waals surface area contributed by atoms with Crippen molar-refractivity contribution in [3.05, 3.63) is 29.3 Å². The van der Waals surface area contributed by atoms with Gasteiger partial charge in [0.1, 0.15) is 18.5 Å². The highest BCUT2D eigenvalue weighted by Crippen LogP contribution is 2.16. The zero-order valence-electron chi connectivity index (χ0n) is 11.3. The summed E-state index contributed by atoms with van der Waals surface area (Å²) < 4.78 is 5.53. The second-order valence-corrected chi connectivity index (χ2v) is 4.80. The van der Waals surface area contributed by atoms with E-state index < -0.39 is 12.2 Å². The number of hydrogen-bond acceptors (Lipinski definition) is 4. The lowest BCUT2D eigenvalue weighted by Gasteiger charge is -2.14. The zero-order valence-corrected chi connectivity index (χ0v) is 11.3. The predicted octanol–water partition coefficient (Wildman–Crippen LogP) is 1.01. The quantitative estimate of drug-likeness (QED) is 0.679. The summed E-state index contributed by atoms with van der Waals surface area (Å²) in [6.07, 6.45) is -0.984. The molecule has 0 aliphatic carbocycles. The molecule has 3 N–H and O–H groups in total. The van der Waals surface area contributed by atoms with Crippen LogP contribution in [0.4, 0.5) is 0 Å². The Labute approximate surface area is 109 Å². The van der Waals surface area contributed by atoms with Crippen LogP contribution in [0.1, 0.15) is 18.1 Å². The molecule has 0 heterocycles. The predicted molar refractivity (Wildman–Crippen MR) is 72.0 cm³/mol. The van der Waals surface area contributed by atoms with Gasteiger partial charge in [0.15, 0.2) is 0 Å². The molecule has 0 spiro atoms. The molecule has 0 fully saturated rings. The summed E-state index contributed by atoms with van der Waals surface area (Å²) in [6.45, 7) is 6.86. The van der Waals surface area contributed by atoms with Gasteiger partial charge in [0.25, 0.3) is 0 Å². The van der Waals surface area contributed by atoms with Gasteiger partial charge in [0.05, 0.1) is 6.10 Å². The third-order valence-corrected chi connectivity index (χ3v) is 2.46. The van der Waals surface area contributed by atoms with E-state index in [9.17, 15) is 5.11 Å². The van der Waals surface area contributed by atoms with Crippen molar-refractivity contribution in [2.45, 2.75) is 33.0 Å². The third-order valence-electron chi connectivity index (χ3n) is 2.46. The van der Waals surface area contributed by atoms with E-state index in [1.807, 2.05) is 26.0 Å². The first-order valence-corrected chi connectivity index (χ1v) is 6.25. The number of benzene rings is 1. The van der Waals surface area contributed by atoms with Crippen molar-refractivity contribution in [3.8, 4) is 5.75 Å². The molecule has 1 aromatic carbocycles. The van der Waals surface area contributed by atoms with Gasteiger partial charge in [0.2, 0.25) is 0 Å². The van der Waals surface area contributed by atoms with Crippen molar-refractivity contribution in [3.63, 3.8) is 0 Å². The van der Waals surface area contributed by atoms with Crippen LogP contribution in [0.2, 0.25) is 0 Å². The van der Waals surface area contributed by atoms with Crippen LogP contribution >= 0.6 is 0 Å². The Balaban J connectivity index is 2.31. The molecular formula is C14H23NO3. The van der Waals surface area contributed by atoms with Gasteiger partial charge >= 0.3 is 0 Å². The van der Waals surface area contributed by atoms with Crippen LogP contribution in [0, 0.1) is 13.8 Å². The molecule has 2 atom stereocenters. The van der Waals surface area contributed by atoms with E-state index >= 15 is 0 Å². The first-order chi connectivity index (χ1) is 8.47. The Morgan fingerprint density at radius 1 is 1.11 bits per heavy atom. The Bertz CT molecular complexity index is 346. The van der Waals surface area contributed by atoms with Gasteiger partial charge in [-0.25, -0.2) is 0 Å². The highest BCUT2D eigenvalue weighted by atomic mass is 16.5. The molecule has 0 bridgehead atoms. The van der Waals surface area contributed by atoms with E-state index in [1.165, 1.54) is 0 Å². The second kappa shape index (κ2) is 7.36. The maximum Gasteiger partial charge on any atom is 0.119 e. The lowest BCUT2D eigenvalue weighted by molar-refractivity contribution is 0.101. The normalized spacial score (nSPS) is 14.3. The minimum Gasteiger partial charge on any atom is -0.491 e. The van der Waals surface area contributed by atoms with Crippen molar-refractivity contribution in [2.75, 3.05) is 19.7 Å². The topological polar surface area (TPSA) is 61.7 Å². The molecule has 4 nitrogen and oxygen atoms in total. The van der Waals surface area contributed by atoms with E-state index in [0.717, 1.165) is 16.9 Å². The summed E-state index contributed by atoms with van der Waals surface area (Å²) >= 11 is 0. The number of rotatable bonds is 7. The van der Waals surface area contributed by atoms with Crippen molar-refractivity contribution in [1.82, 2.24) is 5.32 Å². The SMILES string of the molecule is Cc1cc(C)cc(OCC(O)CNCC(C)O)c1. The minimum absolute atomic E-state index is 0.246. The molecule has 1 aromatic rings. The van der Waals surface area contributed by atoms with Crippen LogP contribution in [-0.4, -0.2) is 42.1 Å². The average molecular weight is 253 g/mol. The monoisotopic (exact) mass is 253 g/mol. The first kappa shape index (κ1) is 15.0. The van der Waals surface area contributed by atoms with Gasteiger partial charge in [-0.05, 0) is 44.0 Å². The smallest absolute Gasteiger partial charge is 0.119 e. The second-order valence-electron chi connectivity index (χ2n) is 4.80. The summed E-state index contributed by atoms with van der Waals surface area (Å²) in [6, 6.07) is 5.97. The highest BCUT2D eigenvalue weighted by Gasteiger charge is 2.06. The summed E-state index contributed by atoms with van der Waals surface area (Å²) in [7, 11) is 0. The molecule has 0 aromatic heterocycles. The van der Waals surface area contributed by atoms with Gasteiger partial charge in [0, 0.05) is 13.1 Å². The molecule has 1 rings (SSSR count). The molecule has 0 radical (unpaired) electrons. The molecule has 0 aliphatic heterocycles. The number of ether oxygens (including phenoxy) is 1. The van der Waals surface area contributed by atoms with Gasteiger partial charge in [-0.1, -0.05) is 6.07 Å². The zero-order chi connectivity index (χ0) is 13.5. The Hall–Kier alpha value is -1.10. The Morgan fingerprint density at radius 3 is 2.28 bits per heavy atom. The number of nitrogens with one attached hydrogen (secondary N) is 1. The van der Waals surface area contributed by atoms with Gasteiger partial charge in [-0.15, -0.1) is 0 Å². The van der Waals surface area contributed by atoms with Crippen molar-refractivity contribution >= 4 is 0 Å². The number of aliphatic hydroxyl groups is 2. The van der Waals surface area contributed by atoms with Crippen LogP contribution < -0.4 is 10.1 Å². The number of aryl methyl sites for hydroxylation is 2. The highest BCUT2D eigenvalue weighted by molar-refractivity contribution is 5.32. The third kappa shape index (κ3) is 6.00. The Morgan fingerprint density at radius 2 is 1.72 bits per heavy atom. The largest absolute Gasteiger partial charge is 0.491 e. The number of hydrogen-bond donors (Lipinski definition) is 3. The molecular weight excluding hydrogens is 230 g/mol. The number of aliphatic hydroxyl groups excluding tert-OH is 2. The van der Waals surface area contributed by atoms with Crippen LogP contribution in [0.3, 0.4) is 0 Å². The summed E-state index contributed by atoms with van der Waals surface area (Å²) in [5.41, 5.74) is 2.29. The molecule has 0 saturated heterocycles. The lowest BCUT2D eigenvalue weighted by Crippen LogP contribution is -2.35. The van der Waals surface area contributed by atoms with E-state index in [4.69, 9.17) is 9.84 Å². The van der Waals surface area contributed by atoms with Crippen molar-refractivity contribution in [2.24, 2.45) is 0 Å². The molecule has 4 heteroatoms.